The molecule has 0 saturated heterocycles. The molecule has 100 valence electrons. The van der Waals surface area contributed by atoms with Crippen molar-refractivity contribution >= 4 is 17.3 Å². The SMILES string of the molecule is COc1cc(CC(=O)O)c(-c2cccs2)cc1OC. The highest BCUT2D eigenvalue weighted by Crippen LogP contribution is 2.37. The quantitative estimate of drug-likeness (QED) is 0.913. The van der Waals surface area contributed by atoms with E-state index in [0.29, 0.717) is 17.1 Å². The molecular weight excluding hydrogens is 264 g/mol. The van der Waals surface area contributed by atoms with E-state index in [0.717, 1.165) is 10.4 Å². The molecule has 0 saturated carbocycles. The Labute approximate surface area is 115 Å². The van der Waals surface area contributed by atoms with Crippen molar-refractivity contribution in [2.45, 2.75) is 6.42 Å². The second-order valence-corrected chi connectivity index (χ2v) is 4.86. The van der Waals surface area contributed by atoms with Crippen molar-refractivity contribution in [2.75, 3.05) is 14.2 Å². The first kappa shape index (κ1) is 13.4. The number of carbonyl (C=O) groups is 1. The maximum atomic E-state index is 11.0. The fourth-order valence-electron chi connectivity index (χ4n) is 1.89. The van der Waals surface area contributed by atoms with Gasteiger partial charge in [0.15, 0.2) is 11.5 Å². The Morgan fingerprint density at radius 2 is 1.95 bits per heavy atom. The number of aliphatic carboxylic acids is 1. The van der Waals surface area contributed by atoms with Crippen molar-refractivity contribution < 1.29 is 19.4 Å². The summed E-state index contributed by atoms with van der Waals surface area (Å²) in [5.41, 5.74) is 1.59. The molecule has 1 N–H and O–H groups in total. The van der Waals surface area contributed by atoms with Crippen LogP contribution in [0.1, 0.15) is 5.56 Å². The van der Waals surface area contributed by atoms with Crippen molar-refractivity contribution in [1.29, 1.82) is 0 Å². The van der Waals surface area contributed by atoms with Gasteiger partial charge in [-0.1, -0.05) is 6.07 Å². The smallest absolute Gasteiger partial charge is 0.307 e. The van der Waals surface area contributed by atoms with Gasteiger partial charge >= 0.3 is 5.97 Å². The van der Waals surface area contributed by atoms with Gasteiger partial charge in [0.25, 0.3) is 0 Å². The average Bonchev–Trinajstić information content (AvgIpc) is 2.91. The van der Waals surface area contributed by atoms with Gasteiger partial charge in [0.2, 0.25) is 0 Å². The maximum absolute atomic E-state index is 11.0. The van der Waals surface area contributed by atoms with Crippen molar-refractivity contribution in [1.82, 2.24) is 0 Å². The predicted molar refractivity (Wildman–Crippen MR) is 74.2 cm³/mol. The van der Waals surface area contributed by atoms with Gasteiger partial charge < -0.3 is 14.6 Å². The third kappa shape index (κ3) is 2.88. The average molecular weight is 278 g/mol. The van der Waals surface area contributed by atoms with Crippen LogP contribution in [0.5, 0.6) is 11.5 Å². The summed E-state index contributed by atoms with van der Waals surface area (Å²) in [5, 5.41) is 11.0. The molecule has 0 atom stereocenters. The van der Waals surface area contributed by atoms with E-state index in [-0.39, 0.29) is 6.42 Å². The summed E-state index contributed by atoms with van der Waals surface area (Å²) in [6.45, 7) is 0. The second-order valence-electron chi connectivity index (χ2n) is 3.91. The Morgan fingerprint density at radius 1 is 1.26 bits per heavy atom. The minimum atomic E-state index is -0.870. The molecule has 0 radical (unpaired) electrons. The molecule has 5 heteroatoms. The van der Waals surface area contributed by atoms with Gasteiger partial charge in [-0.2, -0.15) is 0 Å². The molecule has 0 aliphatic heterocycles. The Bertz CT molecular complexity index is 575. The van der Waals surface area contributed by atoms with Crippen molar-refractivity contribution in [3.05, 3.63) is 35.2 Å². The summed E-state index contributed by atoms with van der Waals surface area (Å²) in [6, 6.07) is 7.43. The first-order chi connectivity index (χ1) is 9.15. The monoisotopic (exact) mass is 278 g/mol. The fourth-order valence-corrected chi connectivity index (χ4v) is 2.67. The lowest BCUT2D eigenvalue weighted by molar-refractivity contribution is -0.136. The van der Waals surface area contributed by atoms with Gasteiger partial charge in [-0.3, -0.25) is 4.79 Å². The fraction of sp³-hybridized carbons (Fsp3) is 0.214. The molecule has 0 aliphatic carbocycles. The highest BCUT2D eigenvalue weighted by molar-refractivity contribution is 7.13. The van der Waals surface area contributed by atoms with Crippen molar-refractivity contribution in [2.24, 2.45) is 0 Å². The number of rotatable bonds is 5. The lowest BCUT2D eigenvalue weighted by Crippen LogP contribution is -2.03. The van der Waals surface area contributed by atoms with E-state index in [1.165, 1.54) is 7.11 Å². The molecule has 0 bridgehead atoms. The molecule has 2 aromatic rings. The Morgan fingerprint density at radius 3 is 2.47 bits per heavy atom. The number of thiophene rings is 1. The second kappa shape index (κ2) is 5.75. The van der Waals surface area contributed by atoms with Crippen LogP contribution in [0.3, 0.4) is 0 Å². The standard InChI is InChI=1S/C14H14O4S/c1-17-11-6-9(7-14(15)16)10(8-12(11)18-2)13-4-3-5-19-13/h3-6,8H,7H2,1-2H3,(H,15,16). The largest absolute Gasteiger partial charge is 0.493 e. The van der Waals surface area contributed by atoms with Crippen LogP contribution in [0.15, 0.2) is 29.6 Å². The first-order valence-corrected chi connectivity index (χ1v) is 6.54. The van der Waals surface area contributed by atoms with E-state index in [2.05, 4.69) is 0 Å². The van der Waals surface area contributed by atoms with E-state index in [4.69, 9.17) is 14.6 Å². The molecule has 0 unspecified atom stereocenters. The first-order valence-electron chi connectivity index (χ1n) is 5.66. The third-order valence-electron chi connectivity index (χ3n) is 2.74. The van der Waals surface area contributed by atoms with E-state index in [1.807, 2.05) is 23.6 Å². The summed E-state index contributed by atoms with van der Waals surface area (Å²) < 4.78 is 10.5. The number of methoxy groups -OCH3 is 2. The van der Waals surface area contributed by atoms with Crippen LogP contribution in [0.2, 0.25) is 0 Å². The van der Waals surface area contributed by atoms with E-state index in [1.54, 1.807) is 24.5 Å². The molecule has 4 nitrogen and oxygen atoms in total. The van der Waals surface area contributed by atoms with Gasteiger partial charge in [-0.05, 0) is 34.7 Å². The molecule has 2 rings (SSSR count). The van der Waals surface area contributed by atoms with Crippen LogP contribution < -0.4 is 9.47 Å². The topological polar surface area (TPSA) is 55.8 Å². The van der Waals surface area contributed by atoms with Gasteiger partial charge in [-0.15, -0.1) is 11.3 Å². The van der Waals surface area contributed by atoms with Crippen LogP contribution >= 0.6 is 11.3 Å². The molecule has 0 amide bonds. The lowest BCUT2D eigenvalue weighted by Gasteiger charge is -2.13. The number of benzene rings is 1. The predicted octanol–water partition coefficient (Wildman–Crippen LogP) is 3.06. The number of carboxylic acids is 1. The van der Waals surface area contributed by atoms with E-state index >= 15 is 0 Å². The molecular formula is C14H14O4S. The zero-order valence-corrected chi connectivity index (χ0v) is 11.5. The maximum Gasteiger partial charge on any atom is 0.307 e. The molecule has 0 spiro atoms. The molecule has 0 aliphatic rings. The van der Waals surface area contributed by atoms with Crippen LogP contribution in [0.4, 0.5) is 0 Å². The van der Waals surface area contributed by atoms with Gasteiger partial charge in [-0.25, -0.2) is 0 Å². The highest BCUT2D eigenvalue weighted by atomic mass is 32.1. The van der Waals surface area contributed by atoms with Gasteiger partial charge in [0.05, 0.1) is 20.6 Å². The van der Waals surface area contributed by atoms with Crippen LogP contribution in [0.25, 0.3) is 10.4 Å². The number of hydrogen-bond acceptors (Lipinski definition) is 4. The minimum Gasteiger partial charge on any atom is -0.493 e. The summed E-state index contributed by atoms with van der Waals surface area (Å²) in [4.78, 5) is 12.0. The highest BCUT2D eigenvalue weighted by Gasteiger charge is 2.15. The summed E-state index contributed by atoms with van der Waals surface area (Å²) in [6.07, 6.45) is -0.0480. The molecule has 0 fully saturated rings. The molecule has 1 aromatic carbocycles. The molecule has 1 heterocycles. The van der Waals surface area contributed by atoms with E-state index < -0.39 is 5.97 Å². The van der Waals surface area contributed by atoms with Crippen molar-refractivity contribution in [3.63, 3.8) is 0 Å². The molecule has 19 heavy (non-hydrogen) atoms. The van der Waals surface area contributed by atoms with Crippen LogP contribution in [-0.4, -0.2) is 25.3 Å². The van der Waals surface area contributed by atoms with Gasteiger partial charge in [0.1, 0.15) is 0 Å². The lowest BCUT2D eigenvalue weighted by atomic mass is 10.0. The van der Waals surface area contributed by atoms with E-state index in [9.17, 15) is 4.79 Å². The summed E-state index contributed by atoms with van der Waals surface area (Å²) in [7, 11) is 3.10. The van der Waals surface area contributed by atoms with Crippen molar-refractivity contribution in [3.8, 4) is 21.9 Å². The summed E-state index contributed by atoms with van der Waals surface area (Å²) >= 11 is 1.56. The number of ether oxygens (including phenoxy) is 2. The van der Waals surface area contributed by atoms with Crippen LogP contribution in [0, 0.1) is 0 Å². The number of hydrogen-bond donors (Lipinski definition) is 1. The third-order valence-corrected chi connectivity index (χ3v) is 3.64. The Kier molecular flexibility index (Phi) is 4.06. The zero-order chi connectivity index (χ0) is 13.8. The van der Waals surface area contributed by atoms with Gasteiger partial charge in [0, 0.05) is 4.88 Å². The summed E-state index contributed by atoms with van der Waals surface area (Å²) in [5.74, 6) is 0.268. The normalized spacial score (nSPS) is 10.2. The zero-order valence-electron chi connectivity index (χ0n) is 10.7. The Hall–Kier alpha value is -2.01. The Balaban J connectivity index is 2.58. The minimum absolute atomic E-state index is 0.0480. The molecule has 1 aromatic heterocycles. The number of carboxylic acid groups (broad SMARTS) is 1. The van der Waals surface area contributed by atoms with Crippen LogP contribution in [-0.2, 0) is 11.2 Å².